The highest BCUT2D eigenvalue weighted by molar-refractivity contribution is 5.81. The van der Waals surface area contributed by atoms with Crippen LogP contribution < -0.4 is 5.43 Å². The molecule has 0 aromatic heterocycles. The second-order valence-corrected chi connectivity index (χ2v) is 3.89. The van der Waals surface area contributed by atoms with Crippen LogP contribution >= 0.6 is 0 Å². The number of phenols is 2. The number of nitro benzene ring substituents is 1. The molecule has 2 aromatic carbocycles. The zero-order chi connectivity index (χ0) is 14.5. The van der Waals surface area contributed by atoms with Crippen molar-refractivity contribution < 1.29 is 15.1 Å². The van der Waals surface area contributed by atoms with Crippen LogP contribution in [0.15, 0.2) is 47.6 Å². The number of hydrazone groups is 1. The molecule has 0 fully saturated rings. The lowest BCUT2D eigenvalue weighted by Crippen LogP contribution is -1.96. The number of nitrogens with one attached hydrogen (secondary N) is 1. The largest absolute Gasteiger partial charge is 0.504 e. The molecule has 0 bridgehead atoms. The summed E-state index contributed by atoms with van der Waals surface area (Å²) in [6.07, 6.45) is 1.37. The summed E-state index contributed by atoms with van der Waals surface area (Å²) in [4.78, 5) is 10.3. The average molecular weight is 273 g/mol. The van der Waals surface area contributed by atoms with Crippen molar-refractivity contribution in [3.05, 3.63) is 58.1 Å². The third-order valence-corrected chi connectivity index (χ3v) is 2.50. The van der Waals surface area contributed by atoms with Gasteiger partial charge in [0.15, 0.2) is 11.5 Å². The fraction of sp³-hybridized carbons (Fsp3) is 0. The maximum atomic E-state index is 10.8. The van der Waals surface area contributed by atoms with Crippen LogP contribution in [-0.4, -0.2) is 21.4 Å². The molecule has 7 nitrogen and oxygen atoms in total. The predicted octanol–water partition coefficient (Wildman–Crippen LogP) is 2.45. The van der Waals surface area contributed by atoms with E-state index in [0.29, 0.717) is 5.56 Å². The molecule has 0 spiro atoms. The molecule has 3 N–H and O–H groups in total. The summed E-state index contributed by atoms with van der Waals surface area (Å²) >= 11 is 0. The van der Waals surface area contributed by atoms with Gasteiger partial charge in [0.25, 0.3) is 5.69 Å². The first kappa shape index (κ1) is 13.3. The second-order valence-electron chi connectivity index (χ2n) is 3.89. The van der Waals surface area contributed by atoms with Crippen molar-refractivity contribution in [1.29, 1.82) is 0 Å². The lowest BCUT2D eigenvalue weighted by atomic mass is 10.2. The maximum Gasteiger partial charge on any atom is 0.294 e. The topological polar surface area (TPSA) is 108 Å². The molecule has 0 saturated heterocycles. The van der Waals surface area contributed by atoms with Gasteiger partial charge in [0.2, 0.25) is 0 Å². The van der Waals surface area contributed by atoms with E-state index < -0.39 is 4.92 Å². The molecule has 20 heavy (non-hydrogen) atoms. The van der Waals surface area contributed by atoms with Crippen molar-refractivity contribution in [3.63, 3.8) is 0 Å². The van der Waals surface area contributed by atoms with Gasteiger partial charge < -0.3 is 10.2 Å². The van der Waals surface area contributed by atoms with Gasteiger partial charge in [0.1, 0.15) is 5.69 Å². The Bertz CT molecular complexity index is 670. The zero-order valence-corrected chi connectivity index (χ0v) is 10.2. The molecular formula is C13H11N3O4. The van der Waals surface area contributed by atoms with Gasteiger partial charge in [0, 0.05) is 6.07 Å². The minimum absolute atomic E-state index is 0.0850. The molecule has 0 aliphatic rings. The van der Waals surface area contributed by atoms with Crippen molar-refractivity contribution in [3.8, 4) is 11.5 Å². The summed E-state index contributed by atoms with van der Waals surface area (Å²) in [6.45, 7) is 0. The summed E-state index contributed by atoms with van der Waals surface area (Å²) in [7, 11) is 0. The van der Waals surface area contributed by atoms with Gasteiger partial charge in [-0.05, 0) is 29.8 Å². The fourth-order valence-electron chi connectivity index (χ4n) is 1.52. The quantitative estimate of drug-likeness (QED) is 0.343. The number of anilines is 1. The lowest BCUT2D eigenvalue weighted by Gasteiger charge is -2.01. The number of hydrogen-bond donors (Lipinski definition) is 3. The van der Waals surface area contributed by atoms with E-state index in [0.717, 1.165) is 0 Å². The highest BCUT2D eigenvalue weighted by Gasteiger charge is 2.10. The molecule has 0 radical (unpaired) electrons. The van der Waals surface area contributed by atoms with Gasteiger partial charge in [-0.25, -0.2) is 0 Å². The van der Waals surface area contributed by atoms with Gasteiger partial charge in [-0.15, -0.1) is 0 Å². The Kier molecular flexibility index (Phi) is 3.80. The first-order valence-corrected chi connectivity index (χ1v) is 5.62. The molecule has 0 aliphatic carbocycles. The van der Waals surface area contributed by atoms with E-state index in [4.69, 9.17) is 5.11 Å². The summed E-state index contributed by atoms with van der Waals surface area (Å²) < 4.78 is 0. The van der Waals surface area contributed by atoms with Gasteiger partial charge in [-0.1, -0.05) is 12.1 Å². The van der Waals surface area contributed by atoms with Crippen molar-refractivity contribution >= 4 is 17.6 Å². The van der Waals surface area contributed by atoms with Crippen LogP contribution in [0, 0.1) is 10.1 Å². The Morgan fingerprint density at radius 2 is 1.90 bits per heavy atom. The van der Waals surface area contributed by atoms with E-state index in [2.05, 4.69) is 10.5 Å². The van der Waals surface area contributed by atoms with Crippen LogP contribution in [0.4, 0.5) is 11.4 Å². The van der Waals surface area contributed by atoms with Crippen LogP contribution in [0.1, 0.15) is 5.56 Å². The van der Waals surface area contributed by atoms with E-state index in [1.165, 1.54) is 30.5 Å². The number of nitrogens with zero attached hydrogens (tertiary/aromatic N) is 2. The molecule has 7 heteroatoms. The van der Waals surface area contributed by atoms with Crippen molar-refractivity contribution in [2.45, 2.75) is 0 Å². The van der Waals surface area contributed by atoms with Gasteiger partial charge in [-0.2, -0.15) is 5.10 Å². The molecule has 2 aromatic rings. The van der Waals surface area contributed by atoms with Crippen molar-refractivity contribution in [2.24, 2.45) is 5.10 Å². The van der Waals surface area contributed by atoms with E-state index in [1.807, 2.05) is 0 Å². The summed E-state index contributed by atoms with van der Waals surface area (Å²) in [5.74, 6) is -0.492. The number of hydrogen-bond acceptors (Lipinski definition) is 6. The van der Waals surface area contributed by atoms with Crippen LogP contribution in [0.2, 0.25) is 0 Å². The highest BCUT2D eigenvalue weighted by atomic mass is 16.6. The monoisotopic (exact) mass is 273 g/mol. The van der Waals surface area contributed by atoms with Gasteiger partial charge >= 0.3 is 0 Å². The maximum absolute atomic E-state index is 10.8. The van der Waals surface area contributed by atoms with Gasteiger partial charge in [0.05, 0.1) is 11.1 Å². The van der Waals surface area contributed by atoms with E-state index >= 15 is 0 Å². The van der Waals surface area contributed by atoms with Gasteiger partial charge in [-0.3, -0.25) is 15.5 Å². The molecule has 0 amide bonds. The minimum Gasteiger partial charge on any atom is -0.504 e. The van der Waals surface area contributed by atoms with Crippen LogP contribution in [0.5, 0.6) is 11.5 Å². The molecular weight excluding hydrogens is 262 g/mol. The SMILES string of the molecule is O=[N+]([O-])c1ccccc1N/N=C/c1ccc(O)c(O)c1. The Morgan fingerprint density at radius 3 is 2.60 bits per heavy atom. The molecule has 0 aliphatic heterocycles. The predicted molar refractivity (Wildman–Crippen MR) is 74.1 cm³/mol. The first-order chi connectivity index (χ1) is 9.58. The Labute approximate surface area is 114 Å². The third kappa shape index (κ3) is 3.02. The number of rotatable bonds is 4. The number of nitro groups is 1. The van der Waals surface area contributed by atoms with Crippen molar-refractivity contribution in [2.75, 3.05) is 5.43 Å². The van der Waals surface area contributed by atoms with E-state index in [-0.39, 0.29) is 22.9 Å². The molecule has 0 saturated carbocycles. The highest BCUT2D eigenvalue weighted by Crippen LogP contribution is 2.25. The molecule has 102 valence electrons. The zero-order valence-electron chi connectivity index (χ0n) is 10.2. The second kappa shape index (κ2) is 5.70. The summed E-state index contributed by atoms with van der Waals surface area (Å²) in [5, 5.41) is 33.1. The number of benzene rings is 2. The number of phenolic OH excluding ortho intramolecular Hbond substituents is 2. The van der Waals surface area contributed by atoms with E-state index in [9.17, 15) is 15.2 Å². The number of aromatic hydroxyl groups is 2. The Balaban J connectivity index is 2.14. The Hall–Kier alpha value is -3.09. The lowest BCUT2D eigenvalue weighted by molar-refractivity contribution is -0.384. The molecule has 2 rings (SSSR count). The molecule has 0 atom stereocenters. The standard InChI is InChI=1S/C13H11N3O4/c17-12-6-5-9(7-13(12)18)8-14-15-10-3-1-2-4-11(10)16(19)20/h1-8,15,17-18H/b14-8+. The molecule has 0 heterocycles. The van der Waals surface area contributed by atoms with E-state index in [1.54, 1.807) is 18.2 Å². The summed E-state index contributed by atoms with van der Waals surface area (Å²) in [5.41, 5.74) is 3.27. The minimum atomic E-state index is -0.510. The van der Waals surface area contributed by atoms with Crippen LogP contribution in [0.3, 0.4) is 0 Å². The molecule has 0 unspecified atom stereocenters. The average Bonchev–Trinajstić information content (AvgIpc) is 2.43. The number of para-hydroxylation sites is 2. The van der Waals surface area contributed by atoms with Crippen molar-refractivity contribution in [1.82, 2.24) is 0 Å². The first-order valence-electron chi connectivity index (χ1n) is 5.62. The normalized spacial score (nSPS) is 10.6. The smallest absolute Gasteiger partial charge is 0.294 e. The fourth-order valence-corrected chi connectivity index (χ4v) is 1.52. The third-order valence-electron chi connectivity index (χ3n) is 2.50. The van der Waals surface area contributed by atoms with Crippen LogP contribution in [-0.2, 0) is 0 Å². The summed E-state index contributed by atoms with van der Waals surface area (Å²) in [6, 6.07) is 10.3. The Morgan fingerprint density at radius 1 is 1.15 bits per heavy atom. The van der Waals surface area contributed by atoms with Crippen LogP contribution in [0.25, 0.3) is 0 Å².